The first-order valence-corrected chi connectivity index (χ1v) is 6.82. The Balaban J connectivity index is 2.35. The van der Waals surface area contributed by atoms with Crippen LogP contribution in [0.2, 0.25) is 0 Å². The molecule has 1 rings (SSSR count). The number of amides is 1. The van der Waals surface area contributed by atoms with E-state index in [1.807, 2.05) is 26.0 Å². The van der Waals surface area contributed by atoms with Crippen molar-refractivity contribution in [1.29, 1.82) is 0 Å². The maximum absolute atomic E-state index is 11.4. The lowest BCUT2D eigenvalue weighted by Crippen LogP contribution is -2.30. The third kappa shape index (κ3) is 4.63. The summed E-state index contributed by atoms with van der Waals surface area (Å²) >= 11 is 4.84. The Labute approximate surface area is 108 Å². The van der Waals surface area contributed by atoms with Crippen molar-refractivity contribution in [2.24, 2.45) is 0 Å². The number of aliphatic hydroxyl groups excluding tert-OH is 1. The lowest BCUT2D eigenvalue weighted by atomic mass is 10.1. The van der Waals surface area contributed by atoms with Gasteiger partial charge in [-0.3, -0.25) is 4.79 Å². The van der Waals surface area contributed by atoms with Crippen molar-refractivity contribution in [3.63, 3.8) is 0 Å². The molecule has 0 bridgehead atoms. The van der Waals surface area contributed by atoms with Gasteiger partial charge in [-0.2, -0.15) is 0 Å². The summed E-state index contributed by atoms with van der Waals surface area (Å²) in [5.41, 5.74) is 0. The highest BCUT2D eigenvalue weighted by molar-refractivity contribution is 9.11. The van der Waals surface area contributed by atoms with Gasteiger partial charge in [0.1, 0.15) is 0 Å². The van der Waals surface area contributed by atoms with Crippen LogP contribution < -0.4 is 5.32 Å². The van der Waals surface area contributed by atoms with E-state index in [4.69, 9.17) is 0 Å². The molecule has 0 aliphatic rings. The van der Waals surface area contributed by atoms with Crippen LogP contribution >= 0.6 is 27.3 Å². The Hall–Kier alpha value is -0.390. The van der Waals surface area contributed by atoms with Crippen molar-refractivity contribution >= 4 is 33.2 Å². The SMILES string of the molecule is CC(C)NC(=O)CCC(O)c1ccc(Br)s1. The molecule has 0 saturated heterocycles. The van der Waals surface area contributed by atoms with Gasteiger partial charge in [-0.15, -0.1) is 11.3 Å². The number of hydrogen-bond acceptors (Lipinski definition) is 3. The zero-order chi connectivity index (χ0) is 12.1. The highest BCUT2D eigenvalue weighted by atomic mass is 79.9. The summed E-state index contributed by atoms with van der Waals surface area (Å²) in [7, 11) is 0. The Kier molecular flexibility index (Phi) is 5.44. The van der Waals surface area contributed by atoms with E-state index in [0.29, 0.717) is 12.8 Å². The van der Waals surface area contributed by atoms with Gasteiger partial charge in [-0.1, -0.05) is 0 Å². The second kappa shape index (κ2) is 6.37. The molecule has 1 atom stereocenters. The molecule has 90 valence electrons. The molecular weight excluding hydrogens is 290 g/mol. The highest BCUT2D eigenvalue weighted by Crippen LogP contribution is 2.29. The van der Waals surface area contributed by atoms with E-state index in [0.717, 1.165) is 8.66 Å². The molecule has 3 nitrogen and oxygen atoms in total. The molecule has 1 aromatic heterocycles. The Morgan fingerprint density at radius 3 is 2.75 bits per heavy atom. The van der Waals surface area contributed by atoms with Crippen LogP contribution in [0.15, 0.2) is 15.9 Å². The summed E-state index contributed by atoms with van der Waals surface area (Å²) < 4.78 is 0.994. The average Bonchev–Trinajstić information content (AvgIpc) is 2.60. The molecule has 0 aliphatic carbocycles. The summed E-state index contributed by atoms with van der Waals surface area (Å²) in [5.74, 6) is -0.00956. The minimum atomic E-state index is -0.547. The molecule has 1 unspecified atom stereocenters. The smallest absolute Gasteiger partial charge is 0.220 e. The fraction of sp³-hybridized carbons (Fsp3) is 0.545. The average molecular weight is 306 g/mol. The van der Waals surface area contributed by atoms with Gasteiger partial charge in [0, 0.05) is 17.3 Å². The van der Waals surface area contributed by atoms with Crippen LogP contribution in [0.25, 0.3) is 0 Å². The summed E-state index contributed by atoms with van der Waals surface area (Å²) in [4.78, 5) is 12.3. The highest BCUT2D eigenvalue weighted by Gasteiger charge is 2.12. The van der Waals surface area contributed by atoms with Gasteiger partial charge in [0.2, 0.25) is 5.91 Å². The zero-order valence-electron chi connectivity index (χ0n) is 9.37. The minimum absolute atomic E-state index is 0.00956. The second-order valence-corrected chi connectivity index (χ2v) is 6.41. The zero-order valence-corrected chi connectivity index (χ0v) is 11.8. The number of nitrogens with one attached hydrogen (secondary N) is 1. The molecule has 1 aromatic rings. The molecule has 0 aromatic carbocycles. The number of rotatable bonds is 5. The number of halogens is 1. The van der Waals surface area contributed by atoms with Gasteiger partial charge in [0.15, 0.2) is 0 Å². The number of hydrogen-bond donors (Lipinski definition) is 2. The molecule has 0 radical (unpaired) electrons. The lowest BCUT2D eigenvalue weighted by Gasteiger charge is -2.10. The summed E-state index contributed by atoms with van der Waals surface area (Å²) in [6.45, 7) is 3.84. The van der Waals surface area contributed by atoms with Gasteiger partial charge in [0.05, 0.1) is 9.89 Å². The third-order valence-corrected chi connectivity index (χ3v) is 3.74. The molecule has 5 heteroatoms. The van der Waals surface area contributed by atoms with Crippen LogP contribution in [0, 0.1) is 0 Å². The van der Waals surface area contributed by atoms with E-state index in [-0.39, 0.29) is 11.9 Å². The van der Waals surface area contributed by atoms with Crippen molar-refractivity contribution in [3.8, 4) is 0 Å². The van der Waals surface area contributed by atoms with Crippen LogP contribution in [0.3, 0.4) is 0 Å². The topological polar surface area (TPSA) is 49.3 Å². The van der Waals surface area contributed by atoms with Gasteiger partial charge in [-0.25, -0.2) is 0 Å². The maximum atomic E-state index is 11.4. The van der Waals surface area contributed by atoms with Gasteiger partial charge in [0.25, 0.3) is 0 Å². The number of aliphatic hydroxyl groups is 1. The second-order valence-electron chi connectivity index (χ2n) is 3.92. The van der Waals surface area contributed by atoms with E-state index in [9.17, 15) is 9.90 Å². The third-order valence-electron chi connectivity index (χ3n) is 2.02. The molecule has 0 spiro atoms. The van der Waals surface area contributed by atoms with Gasteiger partial charge < -0.3 is 10.4 Å². The Morgan fingerprint density at radius 2 is 2.25 bits per heavy atom. The molecular formula is C11H16BrNO2S. The maximum Gasteiger partial charge on any atom is 0.220 e. The predicted octanol–water partition coefficient (Wildman–Crippen LogP) is 2.85. The first-order chi connectivity index (χ1) is 7.49. The molecule has 0 saturated carbocycles. The van der Waals surface area contributed by atoms with Gasteiger partial charge in [-0.05, 0) is 48.3 Å². The van der Waals surface area contributed by atoms with E-state index in [2.05, 4.69) is 21.2 Å². The fourth-order valence-corrected chi connectivity index (χ4v) is 2.76. The van der Waals surface area contributed by atoms with Crippen LogP contribution in [-0.4, -0.2) is 17.1 Å². The largest absolute Gasteiger partial charge is 0.388 e. The summed E-state index contributed by atoms with van der Waals surface area (Å²) in [6, 6.07) is 3.93. The van der Waals surface area contributed by atoms with Crippen LogP contribution in [0.4, 0.5) is 0 Å². The summed E-state index contributed by atoms with van der Waals surface area (Å²) in [5, 5.41) is 12.6. The Bertz CT molecular complexity index is 352. The first kappa shape index (κ1) is 13.7. The molecule has 16 heavy (non-hydrogen) atoms. The normalized spacial score (nSPS) is 12.8. The van der Waals surface area contributed by atoms with E-state index >= 15 is 0 Å². The van der Waals surface area contributed by atoms with Crippen LogP contribution in [0.5, 0.6) is 0 Å². The number of thiophene rings is 1. The van der Waals surface area contributed by atoms with Crippen LogP contribution in [0.1, 0.15) is 37.7 Å². The lowest BCUT2D eigenvalue weighted by molar-refractivity contribution is -0.122. The molecule has 0 aliphatic heterocycles. The molecule has 1 heterocycles. The quantitative estimate of drug-likeness (QED) is 0.879. The van der Waals surface area contributed by atoms with Gasteiger partial charge >= 0.3 is 0 Å². The van der Waals surface area contributed by atoms with Crippen molar-refractivity contribution in [2.45, 2.75) is 38.8 Å². The number of carbonyl (C=O) groups is 1. The minimum Gasteiger partial charge on any atom is -0.388 e. The van der Waals surface area contributed by atoms with Crippen molar-refractivity contribution < 1.29 is 9.90 Å². The fourth-order valence-electron chi connectivity index (χ4n) is 1.31. The van der Waals surface area contributed by atoms with Crippen molar-refractivity contribution in [3.05, 3.63) is 20.8 Å². The van der Waals surface area contributed by atoms with E-state index < -0.39 is 6.10 Å². The molecule has 1 amide bonds. The monoisotopic (exact) mass is 305 g/mol. The molecule has 2 N–H and O–H groups in total. The van der Waals surface area contributed by atoms with E-state index in [1.165, 1.54) is 11.3 Å². The number of carbonyl (C=O) groups excluding carboxylic acids is 1. The Morgan fingerprint density at radius 1 is 1.56 bits per heavy atom. The standard InChI is InChI=1S/C11H16BrNO2S/c1-7(2)13-11(15)6-3-8(14)9-4-5-10(12)16-9/h4-5,7-8,14H,3,6H2,1-2H3,(H,13,15). The molecule has 0 fully saturated rings. The van der Waals surface area contributed by atoms with Crippen molar-refractivity contribution in [1.82, 2.24) is 5.32 Å². The van der Waals surface area contributed by atoms with Crippen molar-refractivity contribution in [2.75, 3.05) is 0 Å². The predicted molar refractivity (Wildman–Crippen MR) is 69.5 cm³/mol. The summed E-state index contributed by atoms with van der Waals surface area (Å²) in [6.07, 6.45) is 0.273. The van der Waals surface area contributed by atoms with E-state index in [1.54, 1.807) is 0 Å². The first-order valence-electron chi connectivity index (χ1n) is 5.21. The van der Waals surface area contributed by atoms with Crippen LogP contribution in [-0.2, 0) is 4.79 Å².